The van der Waals surface area contributed by atoms with Gasteiger partial charge in [-0.25, -0.2) is 0 Å². The highest BCUT2D eigenvalue weighted by atomic mass is 32.1. The molecule has 1 aromatic heterocycles. The molecule has 1 heterocycles. The van der Waals surface area contributed by atoms with Crippen molar-refractivity contribution in [3.8, 4) is 5.75 Å². The van der Waals surface area contributed by atoms with Crippen molar-refractivity contribution in [1.29, 1.82) is 0 Å². The lowest BCUT2D eigenvalue weighted by atomic mass is 10.0. The molecule has 6 heteroatoms. The van der Waals surface area contributed by atoms with E-state index >= 15 is 0 Å². The highest BCUT2D eigenvalue weighted by molar-refractivity contribution is 7.10. The molecule has 1 saturated carbocycles. The van der Waals surface area contributed by atoms with Crippen LogP contribution in [0.15, 0.2) is 72.1 Å². The Bertz CT molecular complexity index is 1050. The van der Waals surface area contributed by atoms with Gasteiger partial charge in [-0.1, -0.05) is 61.4 Å². The van der Waals surface area contributed by atoms with Gasteiger partial charge >= 0.3 is 0 Å². The van der Waals surface area contributed by atoms with Crippen molar-refractivity contribution in [2.24, 2.45) is 0 Å². The number of thiophene rings is 1. The van der Waals surface area contributed by atoms with Gasteiger partial charge in [-0.2, -0.15) is 0 Å². The third-order valence-electron chi connectivity index (χ3n) is 6.09. The maximum absolute atomic E-state index is 13.6. The molecule has 0 aliphatic heterocycles. The maximum Gasteiger partial charge on any atom is 0.247 e. The zero-order chi connectivity index (χ0) is 23.0. The monoisotopic (exact) mass is 462 g/mol. The van der Waals surface area contributed by atoms with E-state index in [0.29, 0.717) is 6.54 Å². The number of nitrogens with zero attached hydrogens (tertiary/aromatic N) is 1. The van der Waals surface area contributed by atoms with Crippen LogP contribution in [0.1, 0.15) is 47.7 Å². The van der Waals surface area contributed by atoms with Crippen molar-refractivity contribution in [2.45, 2.75) is 50.7 Å². The number of nitrogens with one attached hydrogen (secondary N) is 1. The van der Waals surface area contributed by atoms with E-state index in [1.807, 2.05) is 72.1 Å². The molecule has 2 aromatic carbocycles. The average Bonchev–Trinajstić information content (AvgIpc) is 3.54. The first-order chi connectivity index (χ1) is 16.1. The Labute approximate surface area is 199 Å². The summed E-state index contributed by atoms with van der Waals surface area (Å²) in [5.74, 6) is 0.538. The number of methoxy groups -OCH3 is 1. The van der Waals surface area contributed by atoms with E-state index < -0.39 is 6.04 Å². The van der Waals surface area contributed by atoms with Gasteiger partial charge in [-0.3, -0.25) is 9.59 Å². The highest BCUT2D eigenvalue weighted by Gasteiger charge is 2.33. The maximum atomic E-state index is 13.6. The summed E-state index contributed by atoms with van der Waals surface area (Å²) in [5.41, 5.74) is 1.74. The molecule has 172 valence electrons. The number of benzene rings is 2. The van der Waals surface area contributed by atoms with Crippen molar-refractivity contribution in [3.05, 3.63) is 88.1 Å². The van der Waals surface area contributed by atoms with Crippen LogP contribution < -0.4 is 10.1 Å². The molecule has 1 aliphatic carbocycles. The van der Waals surface area contributed by atoms with E-state index in [4.69, 9.17) is 4.74 Å². The van der Waals surface area contributed by atoms with Crippen molar-refractivity contribution in [1.82, 2.24) is 10.2 Å². The van der Waals surface area contributed by atoms with Gasteiger partial charge in [0.1, 0.15) is 11.8 Å². The lowest BCUT2D eigenvalue weighted by Gasteiger charge is -2.32. The van der Waals surface area contributed by atoms with Crippen LogP contribution in [0.5, 0.6) is 5.75 Å². The summed E-state index contributed by atoms with van der Waals surface area (Å²) in [7, 11) is 1.63. The number of hydrogen-bond acceptors (Lipinski definition) is 4. The van der Waals surface area contributed by atoms with Crippen LogP contribution in [-0.2, 0) is 22.6 Å². The van der Waals surface area contributed by atoms with Gasteiger partial charge in [-0.05, 0) is 47.5 Å². The van der Waals surface area contributed by atoms with Gasteiger partial charge in [0.2, 0.25) is 11.8 Å². The zero-order valence-corrected chi connectivity index (χ0v) is 19.7. The van der Waals surface area contributed by atoms with Crippen LogP contribution in [0.4, 0.5) is 0 Å². The van der Waals surface area contributed by atoms with Gasteiger partial charge in [0.25, 0.3) is 0 Å². The van der Waals surface area contributed by atoms with Gasteiger partial charge < -0.3 is 15.0 Å². The second-order valence-corrected chi connectivity index (χ2v) is 9.46. The first kappa shape index (κ1) is 23.1. The highest BCUT2D eigenvalue weighted by Crippen LogP contribution is 2.28. The molecule has 1 atom stereocenters. The fourth-order valence-corrected chi connectivity index (χ4v) is 5.11. The second-order valence-electron chi connectivity index (χ2n) is 8.43. The van der Waals surface area contributed by atoms with E-state index in [1.165, 1.54) is 0 Å². The number of carbonyl (C=O) groups is 2. The average molecular weight is 463 g/mol. The molecule has 1 fully saturated rings. The lowest BCUT2D eigenvalue weighted by molar-refractivity contribution is -0.141. The van der Waals surface area contributed by atoms with E-state index in [0.717, 1.165) is 47.4 Å². The van der Waals surface area contributed by atoms with Crippen LogP contribution in [0.2, 0.25) is 0 Å². The first-order valence-corrected chi connectivity index (χ1v) is 12.3. The van der Waals surface area contributed by atoms with Crippen LogP contribution in [0.25, 0.3) is 0 Å². The predicted octanol–water partition coefficient (Wildman–Crippen LogP) is 5.13. The standard InChI is InChI=1S/C27H30N2O3S/c1-32-23-14-7-9-20(17-23)19-29(25(30)18-24-15-8-16-33-24)26(21-10-3-2-4-11-21)27(31)28-22-12-5-6-13-22/h2-4,7-11,14-17,22,26H,5-6,12-13,18-19H2,1H3,(H,28,31)/t26-/m0/s1. The molecule has 2 amide bonds. The number of ether oxygens (including phenoxy) is 1. The molecule has 0 unspecified atom stereocenters. The molecule has 3 aromatic rings. The Balaban J connectivity index is 1.68. The minimum Gasteiger partial charge on any atom is -0.497 e. The summed E-state index contributed by atoms with van der Waals surface area (Å²) in [6.07, 6.45) is 4.51. The molecule has 0 spiro atoms. The molecule has 0 bridgehead atoms. The fraction of sp³-hybridized carbons (Fsp3) is 0.333. The third-order valence-corrected chi connectivity index (χ3v) is 6.97. The molecular weight excluding hydrogens is 432 g/mol. The van der Waals surface area contributed by atoms with E-state index in [-0.39, 0.29) is 24.3 Å². The van der Waals surface area contributed by atoms with Gasteiger partial charge in [0.15, 0.2) is 0 Å². The predicted molar refractivity (Wildman–Crippen MR) is 131 cm³/mol. The molecule has 0 saturated heterocycles. The Morgan fingerprint density at radius 2 is 1.85 bits per heavy atom. The summed E-state index contributed by atoms with van der Waals surface area (Å²) < 4.78 is 5.38. The van der Waals surface area contributed by atoms with Gasteiger partial charge in [0.05, 0.1) is 13.5 Å². The van der Waals surface area contributed by atoms with E-state index in [1.54, 1.807) is 23.3 Å². The Morgan fingerprint density at radius 1 is 1.06 bits per heavy atom. The molecule has 1 N–H and O–H groups in total. The van der Waals surface area contributed by atoms with E-state index in [2.05, 4.69) is 5.32 Å². The topological polar surface area (TPSA) is 58.6 Å². The molecule has 5 nitrogen and oxygen atoms in total. The Hall–Kier alpha value is -3.12. The second kappa shape index (κ2) is 11.1. The van der Waals surface area contributed by atoms with Gasteiger partial charge in [-0.15, -0.1) is 11.3 Å². The first-order valence-electron chi connectivity index (χ1n) is 11.4. The quantitative estimate of drug-likeness (QED) is 0.480. The molecule has 4 rings (SSSR count). The lowest BCUT2D eigenvalue weighted by Crippen LogP contribution is -2.46. The van der Waals surface area contributed by atoms with Crippen LogP contribution in [-0.4, -0.2) is 29.9 Å². The van der Waals surface area contributed by atoms with Crippen LogP contribution in [0, 0.1) is 0 Å². The summed E-state index contributed by atoms with van der Waals surface area (Å²) in [6, 6.07) is 20.7. The summed E-state index contributed by atoms with van der Waals surface area (Å²) in [6.45, 7) is 0.319. The molecule has 33 heavy (non-hydrogen) atoms. The van der Waals surface area contributed by atoms with Crippen molar-refractivity contribution < 1.29 is 14.3 Å². The minimum atomic E-state index is -0.703. The number of hydrogen-bond donors (Lipinski definition) is 1. The van der Waals surface area contributed by atoms with E-state index in [9.17, 15) is 9.59 Å². The van der Waals surface area contributed by atoms with Crippen molar-refractivity contribution in [2.75, 3.05) is 7.11 Å². The molecule has 1 aliphatic rings. The normalized spacial score (nSPS) is 14.6. The largest absolute Gasteiger partial charge is 0.497 e. The van der Waals surface area contributed by atoms with Crippen LogP contribution >= 0.6 is 11.3 Å². The Kier molecular flexibility index (Phi) is 7.79. The zero-order valence-electron chi connectivity index (χ0n) is 18.9. The van der Waals surface area contributed by atoms with Crippen molar-refractivity contribution in [3.63, 3.8) is 0 Å². The molecule has 0 radical (unpaired) electrons. The summed E-state index contributed by atoms with van der Waals surface area (Å²) in [5, 5.41) is 5.19. The minimum absolute atomic E-state index is 0.0734. The van der Waals surface area contributed by atoms with Gasteiger partial charge in [0, 0.05) is 17.5 Å². The van der Waals surface area contributed by atoms with Crippen LogP contribution in [0.3, 0.4) is 0 Å². The SMILES string of the molecule is COc1cccc(CN(C(=O)Cc2cccs2)[C@H](C(=O)NC2CCCC2)c2ccccc2)c1. The third kappa shape index (κ3) is 6.02. The summed E-state index contributed by atoms with van der Waals surface area (Å²) >= 11 is 1.56. The number of carbonyl (C=O) groups excluding carboxylic acids is 2. The fourth-order valence-electron chi connectivity index (χ4n) is 4.41. The number of rotatable bonds is 9. The molecular formula is C27H30N2O3S. The smallest absolute Gasteiger partial charge is 0.247 e. The Morgan fingerprint density at radius 3 is 2.55 bits per heavy atom. The summed E-state index contributed by atoms with van der Waals surface area (Å²) in [4.78, 5) is 30.0. The van der Waals surface area contributed by atoms with Crippen molar-refractivity contribution >= 4 is 23.2 Å². The number of amides is 2.